The molecule has 3 aliphatic rings. The molecule has 0 fully saturated rings. The Morgan fingerprint density at radius 3 is 2.64 bits per heavy atom. The van der Waals surface area contributed by atoms with Gasteiger partial charge < -0.3 is 0 Å². The Balaban J connectivity index is 1.71. The molecule has 2 aliphatic carbocycles. The number of carbonyl (C=O) groups excluding carboxylic acids is 2. The topological polar surface area (TPSA) is 61.2 Å². The Kier molecular flexibility index (Phi) is 5.49. The van der Waals surface area contributed by atoms with E-state index in [0.717, 1.165) is 37.7 Å². The number of aryl methyl sites for hydroxylation is 1. The van der Waals surface area contributed by atoms with E-state index >= 15 is 0 Å². The molecule has 1 atom stereocenters. The van der Waals surface area contributed by atoms with Gasteiger partial charge >= 0.3 is 0 Å². The summed E-state index contributed by atoms with van der Waals surface area (Å²) in [5.41, 5.74) is 2.95. The fraction of sp³-hybridized carbons (Fsp3) is 0.444. The maximum absolute atomic E-state index is 14.8. The lowest BCUT2D eigenvalue weighted by atomic mass is 9.69. The maximum Gasteiger partial charge on any atom is 0.232 e. The van der Waals surface area contributed by atoms with Crippen LogP contribution in [0.1, 0.15) is 79.9 Å². The molecule has 0 bridgehead atoms. The van der Waals surface area contributed by atoms with Crippen molar-refractivity contribution in [2.75, 3.05) is 4.90 Å². The molecule has 33 heavy (non-hydrogen) atoms. The zero-order chi connectivity index (χ0) is 23.3. The molecule has 1 aliphatic heterocycles. The Labute approximate surface area is 197 Å². The second-order valence-electron chi connectivity index (χ2n) is 10.2. The SMILES string of the molecule is CC1(C)CC(=O)C2=C(C1)N(c1sc3c(c1C#N)CCCCC3)C(=O)C[C@H]2c1ccccc1F. The number of thiophene rings is 1. The highest BCUT2D eigenvalue weighted by molar-refractivity contribution is 7.16. The van der Waals surface area contributed by atoms with Crippen LogP contribution in [0.25, 0.3) is 0 Å². The van der Waals surface area contributed by atoms with Crippen LogP contribution in [-0.4, -0.2) is 11.7 Å². The van der Waals surface area contributed by atoms with Gasteiger partial charge in [0, 0.05) is 34.9 Å². The van der Waals surface area contributed by atoms with Crippen molar-refractivity contribution >= 4 is 28.0 Å². The number of Topliss-reactive ketones (excluding diaryl/α,β-unsaturated/α-hetero) is 1. The maximum atomic E-state index is 14.8. The van der Waals surface area contributed by atoms with Crippen LogP contribution in [0.5, 0.6) is 0 Å². The molecule has 0 unspecified atom stereocenters. The highest BCUT2D eigenvalue weighted by Gasteiger charge is 2.46. The van der Waals surface area contributed by atoms with Crippen molar-refractivity contribution < 1.29 is 14.0 Å². The number of amides is 1. The second kappa shape index (κ2) is 8.22. The summed E-state index contributed by atoms with van der Waals surface area (Å²) in [6.07, 6.45) is 5.98. The van der Waals surface area contributed by atoms with E-state index in [1.54, 1.807) is 23.1 Å². The first-order valence-electron chi connectivity index (χ1n) is 11.7. The summed E-state index contributed by atoms with van der Waals surface area (Å²) >= 11 is 1.53. The predicted octanol–water partition coefficient (Wildman–Crippen LogP) is 6.19. The second-order valence-corrected chi connectivity index (χ2v) is 11.2. The Morgan fingerprint density at radius 2 is 1.88 bits per heavy atom. The Bertz CT molecular complexity index is 1230. The van der Waals surface area contributed by atoms with E-state index in [1.165, 1.54) is 22.3 Å². The number of nitrogens with zero attached hydrogens (tertiary/aromatic N) is 2. The van der Waals surface area contributed by atoms with E-state index < -0.39 is 11.7 Å². The first-order valence-corrected chi connectivity index (χ1v) is 12.5. The lowest BCUT2D eigenvalue weighted by molar-refractivity contribution is -0.120. The smallest absolute Gasteiger partial charge is 0.232 e. The molecule has 4 nitrogen and oxygen atoms in total. The quantitative estimate of drug-likeness (QED) is 0.500. The summed E-state index contributed by atoms with van der Waals surface area (Å²) in [5.74, 6) is -1.17. The lowest BCUT2D eigenvalue weighted by Gasteiger charge is -2.42. The molecule has 0 saturated heterocycles. The largest absolute Gasteiger partial charge is 0.294 e. The standard InChI is InChI=1S/C27H27FN2O2S/c1-27(2)13-21-25(22(31)14-27)18(16-8-6-7-10-20(16)28)12-24(32)30(21)26-19(15-29)17-9-4-3-5-11-23(17)33-26/h6-8,10,18H,3-5,9,11-14H2,1-2H3/t18-/m0/s1. The number of rotatable bonds is 2. The van der Waals surface area contributed by atoms with Gasteiger partial charge in [0.1, 0.15) is 16.9 Å². The molecule has 1 aromatic heterocycles. The van der Waals surface area contributed by atoms with E-state index in [9.17, 15) is 19.2 Å². The zero-order valence-electron chi connectivity index (χ0n) is 19.0. The number of nitriles is 1. The molecule has 0 saturated carbocycles. The third-order valence-corrected chi connectivity index (χ3v) is 8.42. The molecule has 6 heteroatoms. The molecule has 1 aromatic carbocycles. The van der Waals surface area contributed by atoms with E-state index in [-0.39, 0.29) is 23.5 Å². The van der Waals surface area contributed by atoms with Crippen molar-refractivity contribution in [2.45, 2.75) is 71.1 Å². The van der Waals surface area contributed by atoms with Gasteiger partial charge in [0.2, 0.25) is 5.91 Å². The highest BCUT2D eigenvalue weighted by atomic mass is 32.1. The number of ketones is 1. The molecule has 5 rings (SSSR count). The fourth-order valence-corrected chi connectivity index (χ4v) is 7.06. The van der Waals surface area contributed by atoms with E-state index in [4.69, 9.17) is 0 Å². The minimum absolute atomic E-state index is 0.0244. The van der Waals surface area contributed by atoms with Gasteiger partial charge in [-0.2, -0.15) is 5.26 Å². The molecular formula is C27H27FN2O2S. The van der Waals surface area contributed by atoms with Gasteiger partial charge in [0.05, 0.1) is 5.56 Å². The molecule has 0 spiro atoms. The monoisotopic (exact) mass is 462 g/mol. The number of benzene rings is 1. The van der Waals surface area contributed by atoms with Gasteiger partial charge in [-0.3, -0.25) is 14.5 Å². The van der Waals surface area contributed by atoms with Gasteiger partial charge in [0.15, 0.2) is 5.78 Å². The molecule has 1 amide bonds. The number of allylic oxidation sites excluding steroid dienone is 2. The summed E-state index contributed by atoms with van der Waals surface area (Å²) in [5, 5.41) is 10.7. The summed E-state index contributed by atoms with van der Waals surface area (Å²) in [6, 6.07) is 8.80. The highest BCUT2D eigenvalue weighted by Crippen LogP contribution is 2.51. The van der Waals surface area contributed by atoms with Crippen LogP contribution in [0.4, 0.5) is 9.39 Å². The molecule has 2 heterocycles. The van der Waals surface area contributed by atoms with Crippen molar-refractivity contribution in [3.8, 4) is 6.07 Å². The Morgan fingerprint density at radius 1 is 1.12 bits per heavy atom. The average molecular weight is 463 g/mol. The minimum Gasteiger partial charge on any atom is -0.294 e. The molecular weight excluding hydrogens is 435 g/mol. The molecule has 0 radical (unpaired) electrons. The number of carbonyl (C=O) groups is 2. The van der Waals surface area contributed by atoms with E-state index in [0.29, 0.717) is 40.2 Å². The number of hydrogen-bond donors (Lipinski definition) is 0. The minimum atomic E-state index is -0.586. The number of anilines is 1. The fourth-order valence-electron chi connectivity index (χ4n) is 5.68. The van der Waals surface area contributed by atoms with Gasteiger partial charge in [-0.1, -0.05) is 38.5 Å². The van der Waals surface area contributed by atoms with Crippen molar-refractivity contribution in [2.24, 2.45) is 5.41 Å². The van der Waals surface area contributed by atoms with Crippen molar-refractivity contribution in [3.05, 3.63) is 62.9 Å². The van der Waals surface area contributed by atoms with Crippen LogP contribution in [0, 0.1) is 22.6 Å². The first-order chi connectivity index (χ1) is 15.8. The van der Waals surface area contributed by atoms with Gasteiger partial charge in [-0.15, -0.1) is 11.3 Å². The first kappa shape index (κ1) is 22.0. The predicted molar refractivity (Wildman–Crippen MR) is 127 cm³/mol. The van der Waals surface area contributed by atoms with Gasteiger partial charge in [0.25, 0.3) is 0 Å². The Hall–Kier alpha value is -2.78. The number of hydrogen-bond acceptors (Lipinski definition) is 4. The third-order valence-electron chi connectivity index (χ3n) is 7.14. The normalized spacial score (nSPS) is 22.5. The lowest BCUT2D eigenvalue weighted by Crippen LogP contribution is -2.43. The van der Waals surface area contributed by atoms with Crippen LogP contribution in [0.15, 0.2) is 35.5 Å². The van der Waals surface area contributed by atoms with Crippen LogP contribution in [-0.2, 0) is 22.4 Å². The average Bonchev–Trinajstić information content (AvgIpc) is 2.92. The number of fused-ring (bicyclic) bond motifs is 1. The van der Waals surface area contributed by atoms with Crippen LogP contribution < -0.4 is 4.90 Å². The summed E-state index contributed by atoms with van der Waals surface area (Å²) in [4.78, 5) is 29.9. The molecule has 2 aromatic rings. The van der Waals surface area contributed by atoms with Crippen LogP contribution in [0.2, 0.25) is 0 Å². The van der Waals surface area contributed by atoms with Crippen molar-refractivity contribution in [1.82, 2.24) is 0 Å². The van der Waals surface area contributed by atoms with E-state index in [1.807, 2.05) is 13.8 Å². The summed E-state index contributed by atoms with van der Waals surface area (Å²) in [7, 11) is 0. The van der Waals surface area contributed by atoms with Crippen molar-refractivity contribution in [1.29, 1.82) is 5.26 Å². The van der Waals surface area contributed by atoms with E-state index in [2.05, 4.69) is 6.07 Å². The van der Waals surface area contributed by atoms with Gasteiger partial charge in [-0.05, 0) is 54.7 Å². The van der Waals surface area contributed by atoms with Gasteiger partial charge in [-0.25, -0.2) is 4.39 Å². The van der Waals surface area contributed by atoms with Crippen molar-refractivity contribution in [3.63, 3.8) is 0 Å². The summed E-state index contributed by atoms with van der Waals surface area (Å²) in [6.45, 7) is 4.05. The van der Waals surface area contributed by atoms with Crippen LogP contribution >= 0.6 is 11.3 Å². The molecule has 170 valence electrons. The summed E-state index contributed by atoms with van der Waals surface area (Å²) < 4.78 is 14.8. The van der Waals surface area contributed by atoms with Crippen LogP contribution in [0.3, 0.4) is 0 Å². The number of halogens is 1. The third kappa shape index (κ3) is 3.73. The molecule has 0 N–H and O–H groups in total. The zero-order valence-corrected chi connectivity index (χ0v) is 19.9.